The summed E-state index contributed by atoms with van der Waals surface area (Å²) in [7, 11) is 0. The highest BCUT2D eigenvalue weighted by Crippen LogP contribution is 2.44. The van der Waals surface area contributed by atoms with E-state index in [1.165, 1.54) is 93.2 Å². The van der Waals surface area contributed by atoms with Crippen molar-refractivity contribution in [3.05, 3.63) is 267 Å². The van der Waals surface area contributed by atoms with Crippen molar-refractivity contribution in [3.63, 3.8) is 0 Å². The van der Waals surface area contributed by atoms with Crippen molar-refractivity contribution in [1.29, 1.82) is 0 Å². The third-order valence-corrected chi connectivity index (χ3v) is 20.8. The molecule has 0 saturated carbocycles. The molecule has 0 spiro atoms. The highest BCUT2D eigenvalue weighted by molar-refractivity contribution is 7.93. The SMILES string of the molecule is CC(C)c1cnn2c(NC3CCC4=C(C=C(c5ccccc5)C4)C3)nc(-c3cncc(F)c3)nc12.CC(C)c1cnn2c(N[C@@H]3CCC4=C(C=C(c5ccccc5)C4)C3)nc(-c3cncc(F)c3)nc12.CC(C)c1cnn2c(N[C@H]3CCC4=C(C=C(c5ccccc5)C4)C3)nc(-c3cncc(F)c3)nc12.CSF. The Morgan fingerprint density at radius 2 is 0.657 bits per heavy atom. The molecule has 9 aromatic heterocycles. The number of pyridine rings is 3. The number of anilines is 3. The minimum atomic E-state index is -0.410. The van der Waals surface area contributed by atoms with Crippen LogP contribution in [0.15, 0.2) is 217 Å². The van der Waals surface area contributed by atoms with Gasteiger partial charge in [-0.2, -0.15) is 47.7 Å². The molecule has 12 aromatic rings. The van der Waals surface area contributed by atoms with Crippen LogP contribution >= 0.6 is 12.1 Å². The zero-order valence-electron chi connectivity index (χ0n) is 61.4. The first-order valence-electron chi connectivity index (χ1n) is 37.0. The molecule has 9 heterocycles. The Bertz CT molecular complexity index is 4970. The van der Waals surface area contributed by atoms with Gasteiger partial charge in [0.05, 0.1) is 37.2 Å². The Hall–Kier alpha value is -11.3. The highest BCUT2D eigenvalue weighted by Gasteiger charge is 2.31. The smallest absolute Gasteiger partial charge is 0.228 e. The molecule has 3 aromatic carbocycles. The van der Waals surface area contributed by atoms with Crippen molar-refractivity contribution in [2.45, 2.75) is 154 Å². The lowest BCUT2D eigenvalue weighted by molar-refractivity contribution is 0.601. The molecule has 1 unspecified atom stereocenters. The third kappa shape index (κ3) is 15.9. The largest absolute Gasteiger partial charge is 0.351 e. The van der Waals surface area contributed by atoms with Gasteiger partial charge in [-0.15, -0.1) is 0 Å². The van der Waals surface area contributed by atoms with E-state index in [-0.39, 0.29) is 48.0 Å². The second-order valence-electron chi connectivity index (χ2n) is 29.2. The highest BCUT2D eigenvalue weighted by atomic mass is 32.2. The Morgan fingerprint density at radius 3 is 0.917 bits per heavy atom. The maximum absolute atomic E-state index is 13.9. The monoisotopic (exact) mass is 1460 g/mol. The van der Waals surface area contributed by atoms with E-state index in [4.69, 9.17) is 29.9 Å². The van der Waals surface area contributed by atoms with Gasteiger partial charge in [-0.25, -0.2) is 28.1 Å². The van der Waals surface area contributed by atoms with Gasteiger partial charge in [0.2, 0.25) is 17.8 Å². The number of hydrogen-bond donors (Lipinski definition) is 3. The summed E-state index contributed by atoms with van der Waals surface area (Å²) in [5, 5.41) is 24.7. The van der Waals surface area contributed by atoms with Crippen molar-refractivity contribution in [1.82, 2.24) is 73.7 Å². The number of hydrogen-bond acceptors (Lipinski definition) is 16. The van der Waals surface area contributed by atoms with Crippen LogP contribution in [-0.4, -0.2) is 98.1 Å². The van der Waals surface area contributed by atoms with Gasteiger partial charge >= 0.3 is 0 Å². The molecule has 6 aliphatic carbocycles. The molecule has 108 heavy (non-hydrogen) atoms. The maximum Gasteiger partial charge on any atom is 0.228 e. The number of fused-ring (bicyclic) bond motifs is 3. The molecular weight excluding hydrogens is 1380 g/mol. The van der Waals surface area contributed by atoms with Crippen LogP contribution in [0.2, 0.25) is 0 Å². The predicted octanol–water partition coefficient (Wildman–Crippen LogP) is 19.8. The van der Waals surface area contributed by atoms with Crippen LogP contribution in [0.1, 0.15) is 170 Å². The number of halogens is 4. The Balaban J connectivity index is 0.000000127. The molecule has 0 amide bonds. The van der Waals surface area contributed by atoms with Crippen molar-refractivity contribution >= 4 is 63.7 Å². The molecule has 0 saturated heterocycles. The van der Waals surface area contributed by atoms with E-state index in [1.54, 1.807) is 48.9 Å². The molecule has 0 radical (unpaired) electrons. The quantitative estimate of drug-likeness (QED) is 0.0817. The molecule has 548 valence electrons. The Morgan fingerprint density at radius 1 is 0.380 bits per heavy atom. The number of nitrogens with one attached hydrogen (secondary N) is 3. The van der Waals surface area contributed by atoms with Crippen molar-refractivity contribution < 1.29 is 17.1 Å². The van der Waals surface area contributed by atoms with Gasteiger partial charge in [0.25, 0.3) is 0 Å². The minimum absolute atomic E-state index is 0.225. The fourth-order valence-electron chi connectivity index (χ4n) is 15.2. The lowest BCUT2D eigenvalue weighted by Gasteiger charge is -2.25. The van der Waals surface area contributed by atoms with Crippen molar-refractivity contribution in [2.75, 3.05) is 22.2 Å². The summed E-state index contributed by atoms with van der Waals surface area (Å²) >= 11 is 0.250. The minimum Gasteiger partial charge on any atom is -0.351 e. The second-order valence-corrected chi connectivity index (χ2v) is 29.5. The van der Waals surface area contributed by atoms with Crippen LogP contribution < -0.4 is 16.0 Å². The predicted molar refractivity (Wildman–Crippen MR) is 421 cm³/mol. The van der Waals surface area contributed by atoms with Crippen LogP contribution in [0.3, 0.4) is 0 Å². The molecule has 0 bridgehead atoms. The van der Waals surface area contributed by atoms with Crippen LogP contribution in [0.25, 0.3) is 67.8 Å². The van der Waals surface area contributed by atoms with Gasteiger partial charge in [0, 0.05) is 88.5 Å². The number of aromatic nitrogens is 15. The summed E-state index contributed by atoms with van der Waals surface area (Å²) in [5.41, 5.74) is 23.9. The van der Waals surface area contributed by atoms with E-state index in [0.717, 1.165) is 111 Å². The molecule has 18 nitrogen and oxygen atoms in total. The first-order chi connectivity index (χ1) is 52.6. The summed E-state index contributed by atoms with van der Waals surface area (Å²) in [6, 6.07) is 36.8. The molecule has 0 aliphatic heterocycles. The molecule has 6 aliphatic rings. The summed E-state index contributed by atoms with van der Waals surface area (Å²) in [5.74, 6) is 2.71. The number of nitrogens with zero attached hydrogens (tertiary/aromatic N) is 15. The van der Waals surface area contributed by atoms with E-state index >= 15 is 0 Å². The van der Waals surface area contributed by atoms with Gasteiger partial charge in [0.1, 0.15) is 17.5 Å². The van der Waals surface area contributed by atoms with E-state index in [9.17, 15) is 17.1 Å². The number of rotatable bonds is 15. The average Bonchev–Trinajstić information content (AvgIpc) is 1.60. The van der Waals surface area contributed by atoms with Crippen LogP contribution in [0, 0.1) is 17.5 Å². The molecule has 18 rings (SSSR count). The van der Waals surface area contributed by atoms with Gasteiger partial charge in [-0.1, -0.05) is 167 Å². The molecule has 3 N–H and O–H groups in total. The third-order valence-electron chi connectivity index (χ3n) is 20.8. The van der Waals surface area contributed by atoms with E-state index < -0.39 is 17.5 Å². The van der Waals surface area contributed by atoms with Crippen molar-refractivity contribution in [3.8, 4) is 34.2 Å². The fourth-order valence-corrected chi connectivity index (χ4v) is 15.2. The zero-order chi connectivity index (χ0) is 74.5. The summed E-state index contributed by atoms with van der Waals surface area (Å²) in [6.45, 7) is 12.7. The van der Waals surface area contributed by atoms with E-state index in [1.807, 2.05) is 18.6 Å². The lowest BCUT2D eigenvalue weighted by atomic mass is 9.89. The van der Waals surface area contributed by atoms with Crippen LogP contribution in [0.4, 0.5) is 34.9 Å². The first kappa shape index (κ1) is 72.2. The van der Waals surface area contributed by atoms with Gasteiger partial charge in [-0.3, -0.25) is 15.0 Å². The van der Waals surface area contributed by atoms with Gasteiger partial charge in [0.15, 0.2) is 34.4 Å². The zero-order valence-corrected chi connectivity index (χ0v) is 62.2. The molecular formula is C85H84F4N18S. The fraction of sp³-hybridized carbons (Fsp3) is 0.294. The second kappa shape index (κ2) is 32.0. The normalized spacial score (nSPS) is 17.4. The summed E-state index contributed by atoms with van der Waals surface area (Å²) < 4.78 is 57.2. The standard InChI is InChI=1S/3C28H27FN6.CH3FS/c3*1-17(2)25-16-31-35-27(25)33-26(22-12-23(29)15-30-14-22)34-28(35)32-24-9-8-19-10-20(11-21(19)13-24)18-6-4-3-5-7-18;1-3-2/h3*3-7,11-12,14-17,24H,8-10,13H2,1-2H3,(H,32,33,34);1H3/t2*24-;;/m10../s1. The van der Waals surface area contributed by atoms with Crippen LogP contribution in [-0.2, 0) is 0 Å². The lowest BCUT2D eigenvalue weighted by Crippen LogP contribution is -2.25. The first-order valence-corrected chi connectivity index (χ1v) is 38.1. The molecule has 23 heteroatoms. The van der Waals surface area contributed by atoms with E-state index in [2.05, 4.69) is 197 Å². The summed E-state index contributed by atoms with van der Waals surface area (Å²) in [4.78, 5) is 40.5. The van der Waals surface area contributed by atoms with E-state index in [0.29, 0.717) is 52.0 Å². The maximum atomic E-state index is 13.9. The number of allylic oxidation sites excluding steroid dienone is 9. The van der Waals surface area contributed by atoms with Crippen LogP contribution in [0.5, 0.6) is 0 Å². The average molecular weight is 1470 g/mol. The van der Waals surface area contributed by atoms with Crippen molar-refractivity contribution in [2.24, 2.45) is 0 Å². The molecule has 3 atom stereocenters. The Kier molecular flexibility index (Phi) is 21.4. The topological polar surface area (TPSA) is 204 Å². The van der Waals surface area contributed by atoms with Gasteiger partial charge in [-0.05, 0) is 163 Å². The molecule has 0 fully saturated rings. The summed E-state index contributed by atoms with van der Waals surface area (Å²) in [6.07, 6.45) is 34.5. The van der Waals surface area contributed by atoms with Gasteiger partial charge < -0.3 is 16.0 Å². The number of benzene rings is 3. The Labute approximate surface area is 629 Å².